The van der Waals surface area contributed by atoms with Crippen LogP contribution in [-0.2, 0) is 9.53 Å². The fourth-order valence-electron chi connectivity index (χ4n) is 2.38. The highest BCUT2D eigenvalue weighted by Gasteiger charge is 2.11. The van der Waals surface area contributed by atoms with Gasteiger partial charge in [-0.05, 0) is 37.1 Å². The van der Waals surface area contributed by atoms with Gasteiger partial charge in [0.1, 0.15) is 12.4 Å². The molecular formula is C16H24N2O3. The third-order valence-electron chi connectivity index (χ3n) is 3.60. The molecule has 1 N–H and O–H groups in total. The molecule has 21 heavy (non-hydrogen) atoms. The molecule has 1 heterocycles. The third-order valence-corrected chi connectivity index (χ3v) is 3.60. The van der Waals surface area contributed by atoms with Crippen LogP contribution in [0.25, 0.3) is 0 Å². The second-order valence-corrected chi connectivity index (χ2v) is 5.42. The van der Waals surface area contributed by atoms with Gasteiger partial charge in [0.05, 0.1) is 13.2 Å². The SMILES string of the molecule is CC(=O)Nc1cc(C)c(OCCN2CCOCC2)cc1C. The maximum absolute atomic E-state index is 11.2. The van der Waals surface area contributed by atoms with Gasteiger partial charge in [-0.3, -0.25) is 9.69 Å². The van der Waals surface area contributed by atoms with Crippen LogP contribution in [0.3, 0.4) is 0 Å². The van der Waals surface area contributed by atoms with Crippen molar-refractivity contribution in [1.82, 2.24) is 4.90 Å². The molecule has 0 bridgehead atoms. The predicted octanol–water partition coefficient (Wildman–Crippen LogP) is 1.97. The lowest BCUT2D eigenvalue weighted by molar-refractivity contribution is -0.114. The van der Waals surface area contributed by atoms with Gasteiger partial charge in [0, 0.05) is 32.2 Å². The van der Waals surface area contributed by atoms with E-state index in [4.69, 9.17) is 9.47 Å². The van der Waals surface area contributed by atoms with E-state index >= 15 is 0 Å². The van der Waals surface area contributed by atoms with Crippen molar-refractivity contribution in [1.29, 1.82) is 0 Å². The Morgan fingerprint density at radius 1 is 1.29 bits per heavy atom. The summed E-state index contributed by atoms with van der Waals surface area (Å²) in [6, 6.07) is 3.95. The van der Waals surface area contributed by atoms with Gasteiger partial charge in [-0.25, -0.2) is 0 Å². The van der Waals surface area contributed by atoms with E-state index in [0.717, 1.165) is 55.4 Å². The molecule has 5 nitrogen and oxygen atoms in total. The van der Waals surface area contributed by atoms with Gasteiger partial charge in [-0.2, -0.15) is 0 Å². The highest BCUT2D eigenvalue weighted by Crippen LogP contribution is 2.26. The van der Waals surface area contributed by atoms with Crippen molar-refractivity contribution in [3.63, 3.8) is 0 Å². The highest BCUT2D eigenvalue weighted by molar-refractivity contribution is 5.89. The molecule has 0 aliphatic carbocycles. The smallest absolute Gasteiger partial charge is 0.221 e. The van der Waals surface area contributed by atoms with Crippen LogP contribution in [0.5, 0.6) is 5.75 Å². The van der Waals surface area contributed by atoms with E-state index in [9.17, 15) is 4.79 Å². The fourth-order valence-corrected chi connectivity index (χ4v) is 2.38. The van der Waals surface area contributed by atoms with Crippen LogP contribution in [0.2, 0.25) is 0 Å². The molecule has 0 atom stereocenters. The Kier molecular flexibility index (Phi) is 5.59. The van der Waals surface area contributed by atoms with Gasteiger partial charge in [-0.1, -0.05) is 0 Å². The summed E-state index contributed by atoms with van der Waals surface area (Å²) in [7, 11) is 0. The van der Waals surface area contributed by atoms with Gasteiger partial charge in [0.25, 0.3) is 0 Å². The van der Waals surface area contributed by atoms with Crippen LogP contribution >= 0.6 is 0 Å². The molecule has 1 aromatic carbocycles. The topological polar surface area (TPSA) is 50.8 Å². The zero-order chi connectivity index (χ0) is 15.2. The predicted molar refractivity (Wildman–Crippen MR) is 83.0 cm³/mol. The van der Waals surface area contributed by atoms with Crippen molar-refractivity contribution < 1.29 is 14.3 Å². The lowest BCUT2D eigenvalue weighted by atomic mass is 10.1. The van der Waals surface area contributed by atoms with Crippen LogP contribution in [0.1, 0.15) is 18.1 Å². The number of aryl methyl sites for hydroxylation is 2. The number of benzene rings is 1. The number of morpholine rings is 1. The molecule has 1 aliphatic rings. The Balaban J connectivity index is 1.90. The van der Waals surface area contributed by atoms with Crippen LogP contribution in [0.15, 0.2) is 12.1 Å². The van der Waals surface area contributed by atoms with E-state index in [0.29, 0.717) is 6.61 Å². The van der Waals surface area contributed by atoms with E-state index in [1.807, 2.05) is 26.0 Å². The molecule has 2 rings (SSSR count). The van der Waals surface area contributed by atoms with Crippen molar-refractivity contribution >= 4 is 11.6 Å². The maximum atomic E-state index is 11.2. The summed E-state index contributed by atoms with van der Waals surface area (Å²) in [5.41, 5.74) is 2.89. The quantitative estimate of drug-likeness (QED) is 0.901. The number of carbonyl (C=O) groups is 1. The normalized spacial score (nSPS) is 15.8. The number of rotatable bonds is 5. The van der Waals surface area contributed by atoms with E-state index in [1.54, 1.807) is 0 Å². The zero-order valence-corrected chi connectivity index (χ0v) is 13.1. The van der Waals surface area contributed by atoms with Gasteiger partial charge < -0.3 is 14.8 Å². The van der Waals surface area contributed by atoms with E-state index in [1.165, 1.54) is 6.92 Å². The molecule has 5 heteroatoms. The largest absolute Gasteiger partial charge is 0.492 e. The van der Waals surface area contributed by atoms with Crippen LogP contribution in [0.4, 0.5) is 5.69 Å². The Hall–Kier alpha value is -1.59. The van der Waals surface area contributed by atoms with Crippen LogP contribution < -0.4 is 10.1 Å². The Morgan fingerprint density at radius 2 is 2.00 bits per heavy atom. The summed E-state index contributed by atoms with van der Waals surface area (Å²) in [4.78, 5) is 13.5. The lowest BCUT2D eigenvalue weighted by Gasteiger charge is -2.26. The van der Waals surface area contributed by atoms with Gasteiger partial charge >= 0.3 is 0 Å². The van der Waals surface area contributed by atoms with Crippen LogP contribution in [-0.4, -0.2) is 50.3 Å². The van der Waals surface area contributed by atoms with Crippen molar-refractivity contribution in [2.24, 2.45) is 0 Å². The second-order valence-electron chi connectivity index (χ2n) is 5.42. The molecule has 1 amide bonds. The molecule has 0 aromatic heterocycles. The average Bonchev–Trinajstić information content (AvgIpc) is 2.44. The van der Waals surface area contributed by atoms with Crippen molar-refractivity contribution in [3.8, 4) is 5.75 Å². The van der Waals surface area contributed by atoms with E-state index in [2.05, 4.69) is 10.2 Å². The second kappa shape index (κ2) is 7.43. The summed E-state index contributed by atoms with van der Waals surface area (Å²) in [6.45, 7) is 10.6. The third kappa shape index (κ3) is 4.72. The molecule has 0 unspecified atom stereocenters. The first-order valence-corrected chi connectivity index (χ1v) is 7.38. The molecule has 1 aromatic rings. The fraction of sp³-hybridized carbons (Fsp3) is 0.562. The minimum Gasteiger partial charge on any atom is -0.492 e. The standard InChI is InChI=1S/C16H24N2O3/c1-12-11-16(13(2)10-15(12)17-14(3)19)21-9-6-18-4-7-20-8-5-18/h10-11H,4-9H2,1-3H3,(H,17,19). The molecule has 0 radical (unpaired) electrons. The summed E-state index contributed by atoms with van der Waals surface area (Å²) >= 11 is 0. The monoisotopic (exact) mass is 292 g/mol. The van der Waals surface area contributed by atoms with Gasteiger partial charge in [0.15, 0.2) is 0 Å². The number of nitrogens with one attached hydrogen (secondary N) is 1. The number of hydrogen-bond acceptors (Lipinski definition) is 4. The molecule has 1 saturated heterocycles. The van der Waals surface area contributed by atoms with E-state index in [-0.39, 0.29) is 5.91 Å². The number of ether oxygens (including phenoxy) is 2. The summed E-state index contributed by atoms with van der Waals surface area (Å²) in [6.07, 6.45) is 0. The minimum absolute atomic E-state index is 0.0570. The van der Waals surface area contributed by atoms with Crippen molar-refractivity contribution in [2.45, 2.75) is 20.8 Å². The maximum Gasteiger partial charge on any atom is 0.221 e. The first-order valence-electron chi connectivity index (χ1n) is 7.38. The van der Waals surface area contributed by atoms with Crippen molar-refractivity contribution in [3.05, 3.63) is 23.3 Å². The molecule has 1 fully saturated rings. The molecule has 0 saturated carbocycles. The number of anilines is 1. The Bertz CT molecular complexity index is 497. The van der Waals surface area contributed by atoms with Crippen LogP contribution in [0, 0.1) is 13.8 Å². The first-order chi connectivity index (χ1) is 10.1. The molecular weight excluding hydrogens is 268 g/mol. The molecule has 1 aliphatic heterocycles. The van der Waals surface area contributed by atoms with Crippen molar-refractivity contribution in [2.75, 3.05) is 44.8 Å². The average molecular weight is 292 g/mol. The zero-order valence-electron chi connectivity index (χ0n) is 13.1. The first kappa shape index (κ1) is 15.8. The number of carbonyl (C=O) groups excluding carboxylic acids is 1. The summed E-state index contributed by atoms with van der Waals surface area (Å²) in [5, 5.41) is 2.83. The highest BCUT2D eigenvalue weighted by atomic mass is 16.5. The number of hydrogen-bond donors (Lipinski definition) is 1. The minimum atomic E-state index is -0.0570. The Morgan fingerprint density at radius 3 is 2.67 bits per heavy atom. The number of nitrogens with zero attached hydrogens (tertiary/aromatic N) is 1. The Labute approximate surface area is 126 Å². The summed E-state index contributed by atoms with van der Waals surface area (Å²) < 4.78 is 11.2. The lowest BCUT2D eigenvalue weighted by Crippen LogP contribution is -2.38. The molecule has 116 valence electrons. The molecule has 0 spiro atoms. The summed E-state index contributed by atoms with van der Waals surface area (Å²) in [5.74, 6) is 0.827. The number of amides is 1. The van der Waals surface area contributed by atoms with E-state index < -0.39 is 0 Å². The van der Waals surface area contributed by atoms with Gasteiger partial charge in [0.2, 0.25) is 5.91 Å². The van der Waals surface area contributed by atoms with Gasteiger partial charge in [-0.15, -0.1) is 0 Å².